The molecular formula is C15H23ClFNO. The zero-order valence-corrected chi connectivity index (χ0v) is 12.6. The van der Waals surface area contributed by atoms with E-state index in [2.05, 4.69) is 19.2 Å². The smallest absolute Gasteiger partial charge is 0.142 e. The lowest BCUT2D eigenvalue weighted by Gasteiger charge is -2.24. The van der Waals surface area contributed by atoms with Gasteiger partial charge in [0.15, 0.2) is 0 Å². The molecule has 19 heavy (non-hydrogen) atoms. The molecule has 1 aromatic carbocycles. The second-order valence-corrected chi connectivity index (χ2v) is 6.11. The molecule has 0 aliphatic carbocycles. The zero-order chi connectivity index (χ0) is 14.5. The first-order chi connectivity index (χ1) is 8.82. The molecule has 2 nitrogen and oxygen atoms in total. The van der Waals surface area contributed by atoms with Gasteiger partial charge >= 0.3 is 0 Å². The van der Waals surface area contributed by atoms with E-state index in [4.69, 9.17) is 11.6 Å². The van der Waals surface area contributed by atoms with Crippen LogP contribution in [0.2, 0.25) is 5.02 Å². The van der Waals surface area contributed by atoms with E-state index in [1.165, 1.54) is 6.07 Å². The summed E-state index contributed by atoms with van der Waals surface area (Å²) in [5.41, 5.74) is -0.239. The quantitative estimate of drug-likeness (QED) is 0.753. The average molecular weight is 288 g/mol. The molecule has 0 fully saturated rings. The summed E-state index contributed by atoms with van der Waals surface area (Å²) in [6.45, 7) is 7.69. The first-order valence-corrected chi connectivity index (χ1v) is 7.05. The number of nitrogens with one attached hydrogen (secondary N) is 1. The van der Waals surface area contributed by atoms with Crippen LogP contribution in [0.5, 0.6) is 0 Å². The van der Waals surface area contributed by atoms with Gasteiger partial charge in [0.25, 0.3) is 0 Å². The fourth-order valence-electron chi connectivity index (χ4n) is 1.93. The summed E-state index contributed by atoms with van der Waals surface area (Å²) >= 11 is 5.90. The summed E-state index contributed by atoms with van der Waals surface area (Å²) in [6.07, 6.45) is 0.958. The van der Waals surface area contributed by atoms with E-state index in [0.717, 1.165) is 13.1 Å². The number of hydrogen-bond acceptors (Lipinski definition) is 2. The topological polar surface area (TPSA) is 32.3 Å². The maximum atomic E-state index is 13.3. The van der Waals surface area contributed by atoms with Crippen molar-refractivity contribution in [3.05, 3.63) is 34.6 Å². The van der Waals surface area contributed by atoms with Crippen LogP contribution in [0.25, 0.3) is 0 Å². The van der Waals surface area contributed by atoms with Crippen LogP contribution < -0.4 is 5.32 Å². The third kappa shape index (κ3) is 5.89. The molecule has 0 spiro atoms. The van der Waals surface area contributed by atoms with Crippen molar-refractivity contribution in [1.82, 2.24) is 5.32 Å². The molecule has 4 heteroatoms. The summed E-state index contributed by atoms with van der Waals surface area (Å²) in [6, 6.07) is 4.69. The molecule has 1 aromatic rings. The summed E-state index contributed by atoms with van der Waals surface area (Å²) in [4.78, 5) is 0. The number of aliphatic hydroxyl groups is 1. The lowest BCUT2D eigenvalue weighted by molar-refractivity contribution is 0.0513. The summed E-state index contributed by atoms with van der Waals surface area (Å²) in [5.74, 6) is 0.149. The van der Waals surface area contributed by atoms with Gasteiger partial charge in [-0.2, -0.15) is 0 Å². The van der Waals surface area contributed by atoms with Gasteiger partial charge in [-0.15, -0.1) is 0 Å². The maximum absolute atomic E-state index is 13.3. The molecule has 1 rings (SSSR count). The summed E-state index contributed by atoms with van der Waals surface area (Å²) < 4.78 is 13.3. The number of benzene rings is 1. The molecule has 1 atom stereocenters. The highest BCUT2D eigenvalue weighted by molar-refractivity contribution is 6.31. The van der Waals surface area contributed by atoms with E-state index < -0.39 is 11.4 Å². The Morgan fingerprint density at radius 3 is 2.74 bits per heavy atom. The van der Waals surface area contributed by atoms with Gasteiger partial charge in [0.1, 0.15) is 5.82 Å². The monoisotopic (exact) mass is 287 g/mol. The molecule has 0 amide bonds. The van der Waals surface area contributed by atoms with E-state index in [1.54, 1.807) is 19.1 Å². The third-order valence-corrected chi connectivity index (χ3v) is 3.42. The minimum atomic E-state index is -0.887. The molecule has 0 heterocycles. The second kappa shape index (κ2) is 7.22. The molecular weight excluding hydrogens is 265 g/mol. The fraction of sp³-hybridized carbons (Fsp3) is 0.600. The van der Waals surface area contributed by atoms with Gasteiger partial charge < -0.3 is 10.4 Å². The van der Waals surface area contributed by atoms with Gasteiger partial charge in [0.2, 0.25) is 0 Å². The van der Waals surface area contributed by atoms with Crippen LogP contribution in [0.4, 0.5) is 4.39 Å². The minimum absolute atomic E-state index is 0.109. The molecule has 0 aliphatic rings. The highest BCUT2D eigenvalue weighted by Crippen LogP contribution is 2.25. The van der Waals surface area contributed by atoms with Crippen LogP contribution in [0, 0.1) is 11.7 Å². The van der Waals surface area contributed by atoms with Gasteiger partial charge in [-0.3, -0.25) is 0 Å². The Kier molecular flexibility index (Phi) is 6.24. The van der Waals surface area contributed by atoms with Crippen molar-refractivity contribution in [1.29, 1.82) is 0 Å². The van der Waals surface area contributed by atoms with Crippen LogP contribution in [0.15, 0.2) is 18.2 Å². The van der Waals surface area contributed by atoms with Crippen LogP contribution in [0.1, 0.15) is 32.8 Å². The van der Waals surface area contributed by atoms with Crippen molar-refractivity contribution in [3.8, 4) is 0 Å². The number of hydrogen-bond donors (Lipinski definition) is 2. The van der Waals surface area contributed by atoms with Crippen molar-refractivity contribution >= 4 is 11.6 Å². The SMILES string of the molecule is CC(C)CNCCC(C)(O)Cc1cccc(F)c1Cl. The zero-order valence-electron chi connectivity index (χ0n) is 11.8. The normalized spacial score (nSPS) is 14.7. The van der Waals surface area contributed by atoms with Crippen LogP contribution in [0.3, 0.4) is 0 Å². The highest BCUT2D eigenvalue weighted by Gasteiger charge is 2.22. The van der Waals surface area contributed by atoms with E-state index in [-0.39, 0.29) is 5.02 Å². The van der Waals surface area contributed by atoms with E-state index in [9.17, 15) is 9.50 Å². The molecule has 0 bridgehead atoms. The molecule has 0 aromatic heterocycles. The van der Waals surface area contributed by atoms with Crippen LogP contribution in [-0.2, 0) is 6.42 Å². The Hall–Kier alpha value is -0.640. The largest absolute Gasteiger partial charge is 0.390 e. The average Bonchev–Trinajstić information content (AvgIpc) is 2.30. The first-order valence-electron chi connectivity index (χ1n) is 6.68. The van der Waals surface area contributed by atoms with Crippen LogP contribution >= 0.6 is 11.6 Å². The van der Waals surface area contributed by atoms with E-state index >= 15 is 0 Å². The molecule has 108 valence electrons. The molecule has 1 unspecified atom stereocenters. The molecule has 0 radical (unpaired) electrons. The van der Waals surface area contributed by atoms with Gasteiger partial charge in [-0.25, -0.2) is 4.39 Å². The van der Waals surface area contributed by atoms with E-state index in [1.807, 2.05) is 0 Å². The van der Waals surface area contributed by atoms with Crippen molar-refractivity contribution in [2.75, 3.05) is 13.1 Å². The maximum Gasteiger partial charge on any atom is 0.142 e. The van der Waals surface area contributed by atoms with Crippen molar-refractivity contribution in [2.24, 2.45) is 5.92 Å². The fourth-order valence-corrected chi connectivity index (χ4v) is 2.12. The molecule has 0 saturated heterocycles. The Labute approximate surface area is 120 Å². The Morgan fingerprint density at radius 1 is 1.42 bits per heavy atom. The molecule has 2 N–H and O–H groups in total. The third-order valence-electron chi connectivity index (χ3n) is 3.00. The van der Waals surface area contributed by atoms with Crippen molar-refractivity contribution < 1.29 is 9.50 Å². The summed E-state index contributed by atoms with van der Waals surface area (Å²) in [7, 11) is 0. The number of halogens is 2. The number of rotatable bonds is 7. The lowest BCUT2D eigenvalue weighted by Crippen LogP contribution is -2.33. The van der Waals surface area contributed by atoms with Gasteiger partial charge in [0, 0.05) is 6.42 Å². The summed E-state index contributed by atoms with van der Waals surface area (Å²) in [5, 5.41) is 13.7. The predicted octanol–water partition coefficient (Wildman–Crippen LogP) is 3.41. The van der Waals surface area contributed by atoms with Gasteiger partial charge in [-0.1, -0.05) is 37.6 Å². The minimum Gasteiger partial charge on any atom is -0.390 e. The van der Waals surface area contributed by atoms with E-state index in [0.29, 0.717) is 24.3 Å². The van der Waals surface area contributed by atoms with Crippen molar-refractivity contribution in [3.63, 3.8) is 0 Å². The predicted molar refractivity (Wildman–Crippen MR) is 78.1 cm³/mol. The van der Waals surface area contributed by atoms with Crippen LogP contribution in [-0.4, -0.2) is 23.8 Å². The Bertz CT molecular complexity index is 407. The standard InChI is InChI=1S/C15H23ClFNO/c1-11(2)10-18-8-7-15(3,19)9-12-5-4-6-13(17)14(12)16/h4-6,11,18-19H,7-10H2,1-3H3. The van der Waals surface area contributed by atoms with Crippen molar-refractivity contribution in [2.45, 2.75) is 39.2 Å². The second-order valence-electron chi connectivity index (χ2n) is 5.73. The first kappa shape index (κ1) is 16.4. The molecule has 0 aliphatic heterocycles. The highest BCUT2D eigenvalue weighted by atomic mass is 35.5. The Balaban J connectivity index is 2.51. The lowest BCUT2D eigenvalue weighted by atomic mass is 9.93. The van der Waals surface area contributed by atoms with Gasteiger partial charge in [0.05, 0.1) is 10.6 Å². The molecule has 0 saturated carbocycles. The van der Waals surface area contributed by atoms with Gasteiger partial charge in [-0.05, 0) is 44.0 Å². The Morgan fingerprint density at radius 2 is 2.11 bits per heavy atom.